The van der Waals surface area contributed by atoms with Gasteiger partial charge in [0.2, 0.25) is 0 Å². The smallest absolute Gasteiger partial charge is 0.00987 e. The van der Waals surface area contributed by atoms with E-state index < -0.39 is 0 Å². The van der Waals surface area contributed by atoms with Crippen LogP contribution in [0.3, 0.4) is 0 Å². The van der Waals surface area contributed by atoms with Crippen LogP contribution < -0.4 is 5.32 Å². The molecule has 52 valence electrons. The van der Waals surface area contributed by atoms with E-state index in [2.05, 4.69) is 19.2 Å². The molecule has 1 saturated carbocycles. The van der Waals surface area contributed by atoms with Gasteiger partial charge in [-0.2, -0.15) is 0 Å². The van der Waals surface area contributed by atoms with E-state index in [0.717, 1.165) is 23.8 Å². The van der Waals surface area contributed by atoms with Gasteiger partial charge in [-0.1, -0.05) is 13.8 Å². The van der Waals surface area contributed by atoms with Crippen LogP contribution in [0.25, 0.3) is 0 Å². The maximum absolute atomic E-state index is 3.54. The average Bonchev–Trinajstić information content (AvgIpc) is 2.41. The number of fused-ring (bicyclic) bond motifs is 1. The Morgan fingerprint density at radius 3 is 2.67 bits per heavy atom. The Bertz CT molecular complexity index is 122. The lowest BCUT2D eigenvalue weighted by molar-refractivity contribution is 0.479. The lowest BCUT2D eigenvalue weighted by Gasteiger charge is -2.10. The summed E-state index contributed by atoms with van der Waals surface area (Å²) < 4.78 is 0. The average molecular weight is 125 g/mol. The van der Waals surface area contributed by atoms with E-state index in [1.54, 1.807) is 0 Å². The van der Waals surface area contributed by atoms with Gasteiger partial charge in [0.15, 0.2) is 0 Å². The Balaban J connectivity index is 1.99. The van der Waals surface area contributed by atoms with Crippen LogP contribution in [0.5, 0.6) is 0 Å². The Morgan fingerprint density at radius 1 is 1.56 bits per heavy atom. The monoisotopic (exact) mass is 125 g/mol. The van der Waals surface area contributed by atoms with Crippen LogP contribution in [-0.4, -0.2) is 12.6 Å². The van der Waals surface area contributed by atoms with Crippen molar-refractivity contribution < 1.29 is 0 Å². The van der Waals surface area contributed by atoms with Crippen LogP contribution in [0.2, 0.25) is 0 Å². The van der Waals surface area contributed by atoms with E-state index in [-0.39, 0.29) is 0 Å². The highest BCUT2D eigenvalue weighted by Crippen LogP contribution is 2.51. The maximum Gasteiger partial charge on any atom is 0.00987 e. The van der Waals surface area contributed by atoms with E-state index in [1.807, 2.05) is 0 Å². The van der Waals surface area contributed by atoms with Gasteiger partial charge in [-0.3, -0.25) is 0 Å². The number of nitrogens with one attached hydrogen (secondary N) is 1. The second kappa shape index (κ2) is 1.72. The highest BCUT2D eigenvalue weighted by atomic mass is 15.0. The van der Waals surface area contributed by atoms with Crippen molar-refractivity contribution in [2.24, 2.45) is 17.8 Å². The second-order valence-electron chi connectivity index (χ2n) is 3.52. The van der Waals surface area contributed by atoms with Crippen LogP contribution in [0.15, 0.2) is 0 Å². The van der Waals surface area contributed by atoms with E-state index in [9.17, 15) is 0 Å². The molecular weight excluding hydrogens is 110 g/mol. The van der Waals surface area contributed by atoms with Gasteiger partial charge in [0.1, 0.15) is 0 Å². The predicted molar refractivity (Wildman–Crippen MR) is 38.2 cm³/mol. The van der Waals surface area contributed by atoms with Crippen LogP contribution in [0.1, 0.15) is 20.3 Å². The molecule has 0 aromatic heterocycles. The summed E-state index contributed by atoms with van der Waals surface area (Å²) in [6.07, 6.45) is 1.32. The van der Waals surface area contributed by atoms with Gasteiger partial charge in [0.25, 0.3) is 0 Å². The number of piperidine rings is 1. The van der Waals surface area contributed by atoms with Crippen molar-refractivity contribution in [3.63, 3.8) is 0 Å². The lowest BCUT2D eigenvalue weighted by atomic mass is 10.1. The Hall–Kier alpha value is -0.0400. The van der Waals surface area contributed by atoms with Gasteiger partial charge in [-0.15, -0.1) is 0 Å². The molecule has 4 unspecified atom stereocenters. The molecule has 0 amide bonds. The zero-order valence-corrected chi connectivity index (χ0v) is 6.22. The summed E-state index contributed by atoms with van der Waals surface area (Å²) in [5.74, 6) is 3.14. The molecule has 1 aliphatic heterocycles. The zero-order valence-electron chi connectivity index (χ0n) is 6.22. The van der Waals surface area contributed by atoms with Crippen LogP contribution in [0, 0.1) is 17.8 Å². The van der Waals surface area contributed by atoms with Crippen molar-refractivity contribution in [2.75, 3.05) is 6.54 Å². The summed E-state index contributed by atoms with van der Waals surface area (Å²) in [6, 6.07) is 0.866. The Labute approximate surface area is 56.8 Å². The van der Waals surface area contributed by atoms with Crippen molar-refractivity contribution in [3.05, 3.63) is 0 Å². The van der Waals surface area contributed by atoms with Gasteiger partial charge in [0, 0.05) is 6.04 Å². The highest BCUT2D eigenvalue weighted by Gasteiger charge is 2.54. The molecule has 1 nitrogen and oxygen atoms in total. The third kappa shape index (κ3) is 0.644. The molecule has 1 N–H and O–H groups in total. The second-order valence-corrected chi connectivity index (χ2v) is 3.52. The SMILES string of the molecule is CCC1NCC2C(C)C12. The fraction of sp³-hybridized carbons (Fsp3) is 1.00. The summed E-state index contributed by atoms with van der Waals surface area (Å²) in [4.78, 5) is 0. The minimum Gasteiger partial charge on any atom is -0.313 e. The van der Waals surface area contributed by atoms with E-state index in [1.165, 1.54) is 13.0 Å². The van der Waals surface area contributed by atoms with Crippen LogP contribution >= 0.6 is 0 Å². The third-order valence-corrected chi connectivity index (χ3v) is 3.16. The predicted octanol–water partition coefficient (Wildman–Crippen LogP) is 1.25. The molecule has 1 saturated heterocycles. The largest absolute Gasteiger partial charge is 0.313 e. The first-order valence-corrected chi connectivity index (χ1v) is 4.08. The van der Waals surface area contributed by atoms with Crippen LogP contribution in [-0.2, 0) is 0 Å². The minimum absolute atomic E-state index is 0.866. The molecule has 4 atom stereocenters. The van der Waals surface area contributed by atoms with Gasteiger partial charge >= 0.3 is 0 Å². The molecule has 1 aliphatic carbocycles. The lowest BCUT2D eigenvalue weighted by Crippen LogP contribution is -2.26. The molecular formula is C8H15N. The molecule has 2 aliphatic rings. The topological polar surface area (TPSA) is 12.0 Å². The zero-order chi connectivity index (χ0) is 6.43. The van der Waals surface area contributed by atoms with Crippen molar-refractivity contribution in [1.29, 1.82) is 0 Å². The molecule has 1 heterocycles. The molecule has 0 aromatic carbocycles. The van der Waals surface area contributed by atoms with E-state index in [0.29, 0.717) is 0 Å². The molecule has 2 fully saturated rings. The normalized spacial score (nSPS) is 55.3. The molecule has 1 heteroatoms. The summed E-state index contributed by atoms with van der Waals surface area (Å²) in [5.41, 5.74) is 0. The third-order valence-electron chi connectivity index (χ3n) is 3.16. The Kier molecular flexibility index (Phi) is 1.10. The van der Waals surface area contributed by atoms with E-state index >= 15 is 0 Å². The van der Waals surface area contributed by atoms with Gasteiger partial charge in [-0.25, -0.2) is 0 Å². The minimum atomic E-state index is 0.866. The van der Waals surface area contributed by atoms with Crippen molar-refractivity contribution in [2.45, 2.75) is 26.3 Å². The first kappa shape index (κ1) is 5.72. The van der Waals surface area contributed by atoms with Crippen LogP contribution in [0.4, 0.5) is 0 Å². The number of hydrogen-bond acceptors (Lipinski definition) is 1. The summed E-state index contributed by atoms with van der Waals surface area (Å²) in [7, 11) is 0. The van der Waals surface area contributed by atoms with Crippen molar-refractivity contribution in [1.82, 2.24) is 5.32 Å². The van der Waals surface area contributed by atoms with E-state index in [4.69, 9.17) is 0 Å². The first-order valence-electron chi connectivity index (χ1n) is 4.08. The quantitative estimate of drug-likeness (QED) is 0.556. The fourth-order valence-corrected chi connectivity index (χ4v) is 2.41. The van der Waals surface area contributed by atoms with Crippen molar-refractivity contribution >= 4 is 0 Å². The number of rotatable bonds is 1. The molecule has 0 spiro atoms. The molecule has 0 bridgehead atoms. The number of hydrogen-bond donors (Lipinski definition) is 1. The first-order chi connectivity index (χ1) is 4.34. The summed E-state index contributed by atoms with van der Waals surface area (Å²) in [6.45, 7) is 5.97. The van der Waals surface area contributed by atoms with Gasteiger partial charge in [-0.05, 0) is 30.7 Å². The Morgan fingerprint density at radius 2 is 2.33 bits per heavy atom. The summed E-state index contributed by atoms with van der Waals surface area (Å²) >= 11 is 0. The van der Waals surface area contributed by atoms with Gasteiger partial charge in [0.05, 0.1) is 0 Å². The van der Waals surface area contributed by atoms with Crippen molar-refractivity contribution in [3.8, 4) is 0 Å². The highest BCUT2D eigenvalue weighted by molar-refractivity contribution is 5.06. The summed E-state index contributed by atoms with van der Waals surface area (Å²) in [5, 5.41) is 3.54. The molecule has 0 aromatic rings. The maximum atomic E-state index is 3.54. The molecule has 9 heavy (non-hydrogen) atoms. The standard InChI is InChI=1S/C8H15N/c1-3-7-8-5(2)6(8)4-9-7/h5-9H,3-4H2,1-2H3. The molecule has 0 radical (unpaired) electrons. The molecule has 2 rings (SSSR count). The fourth-order valence-electron chi connectivity index (χ4n) is 2.41. The van der Waals surface area contributed by atoms with Gasteiger partial charge < -0.3 is 5.32 Å².